The highest BCUT2D eigenvalue weighted by molar-refractivity contribution is 5.95. The van der Waals surface area contributed by atoms with Gasteiger partial charge in [0.2, 0.25) is 0 Å². The van der Waals surface area contributed by atoms with Crippen molar-refractivity contribution in [2.24, 2.45) is 0 Å². The minimum Gasteiger partial charge on any atom is -0.465 e. The van der Waals surface area contributed by atoms with Gasteiger partial charge >= 0.3 is 5.97 Å². The summed E-state index contributed by atoms with van der Waals surface area (Å²) in [6, 6.07) is 28.6. The molecular formula is C29H22N3O2. The molecule has 5 rings (SSSR count). The minimum absolute atomic E-state index is 0.286. The van der Waals surface area contributed by atoms with E-state index < -0.39 is 5.92 Å². The third kappa shape index (κ3) is 4.16. The summed E-state index contributed by atoms with van der Waals surface area (Å²) in [6.45, 7) is 2.09. The first-order chi connectivity index (χ1) is 16.8. The average Bonchev–Trinajstić information content (AvgIpc) is 2.90. The third-order valence-electron chi connectivity index (χ3n) is 5.69. The lowest BCUT2D eigenvalue weighted by molar-refractivity contribution is -0.143. The van der Waals surface area contributed by atoms with Gasteiger partial charge in [-0.15, -0.1) is 0 Å². The molecule has 0 spiro atoms. The molecule has 3 heterocycles. The fraction of sp³-hybridized carbons (Fsp3) is 0.103. The van der Waals surface area contributed by atoms with E-state index in [1.54, 1.807) is 25.5 Å². The van der Waals surface area contributed by atoms with Crippen LogP contribution in [0.15, 0.2) is 97.5 Å². The van der Waals surface area contributed by atoms with Crippen LogP contribution < -0.4 is 0 Å². The van der Waals surface area contributed by atoms with Gasteiger partial charge < -0.3 is 4.74 Å². The molecule has 0 fully saturated rings. The maximum Gasteiger partial charge on any atom is 0.319 e. The van der Waals surface area contributed by atoms with Gasteiger partial charge in [0.1, 0.15) is 5.92 Å². The average molecular weight is 445 g/mol. The Morgan fingerprint density at radius 2 is 1.71 bits per heavy atom. The molecule has 1 atom stereocenters. The van der Waals surface area contributed by atoms with Crippen LogP contribution >= 0.6 is 0 Å². The van der Waals surface area contributed by atoms with E-state index in [1.807, 2.05) is 60.7 Å². The fourth-order valence-corrected chi connectivity index (χ4v) is 4.14. The molecule has 0 bridgehead atoms. The maximum atomic E-state index is 13.1. The van der Waals surface area contributed by atoms with Gasteiger partial charge in [0.25, 0.3) is 0 Å². The summed E-state index contributed by atoms with van der Waals surface area (Å²) in [7, 11) is 0. The number of nitrogens with zero attached hydrogens (tertiary/aromatic N) is 3. The van der Waals surface area contributed by atoms with Crippen molar-refractivity contribution < 1.29 is 9.53 Å². The number of carbonyl (C=O) groups excluding carboxylic acids is 1. The van der Waals surface area contributed by atoms with Gasteiger partial charge in [0.15, 0.2) is 0 Å². The van der Waals surface area contributed by atoms with Crippen molar-refractivity contribution in [1.82, 2.24) is 15.0 Å². The number of carbonyl (C=O) groups is 1. The monoisotopic (exact) mass is 444 g/mol. The Labute approximate surface area is 198 Å². The van der Waals surface area contributed by atoms with E-state index in [1.165, 1.54) is 0 Å². The largest absolute Gasteiger partial charge is 0.465 e. The zero-order valence-electron chi connectivity index (χ0n) is 18.7. The van der Waals surface area contributed by atoms with Gasteiger partial charge in [0.05, 0.1) is 23.5 Å². The molecule has 0 amide bonds. The molecule has 165 valence electrons. The van der Waals surface area contributed by atoms with Crippen molar-refractivity contribution in [3.63, 3.8) is 0 Å². The molecule has 5 aromatic rings. The summed E-state index contributed by atoms with van der Waals surface area (Å²) in [4.78, 5) is 26.9. The predicted molar refractivity (Wildman–Crippen MR) is 132 cm³/mol. The number of fused-ring (bicyclic) bond motifs is 1. The molecule has 5 heteroatoms. The predicted octanol–water partition coefficient (Wildman–Crippen LogP) is 5.85. The number of rotatable bonds is 6. The summed E-state index contributed by atoms with van der Waals surface area (Å²) in [5.41, 5.74) is 6.00. The van der Waals surface area contributed by atoms with Crippen LogP contribution in [0.4, 0.5) is 0 Å². The van der Waals surface area contributed by atoms with E-state index in [9.17, 15) is 4.79 Å². The van der Waals surface area contributed by atoms with E-state index in [4.69, 9.17) is 9.72 Å². The Kier molecular flexibility index (Phi) is 6.08. The summed E-state index contributed by atoms with van der Waals surface area (Å²) in [6.07, 6.45) is 5.04. The van der Waals surface area contributed by atoms with E-state index >= 15 is 0 Å². The molecular weight excluding hydrogens is 422 g/mol. The molecule has 0 saturated heterocycles. The fourth-order valence-electron chi connectivity index (χ4n) is 4.14. The van der Waals surface area contributed by atoms with E-state index in [0.29, 0.717) is 5.69 Å². The Morgan fingerprint density at radius 1 is 0.941 bits per heavy atom. The van der Waals surface area contributed by atoms with Crippen LogP contribution in [-0.4, -0.2) is 27.5 Å². The second-order valence-corrected chi connectivity index (χ2v) is 7.77. The number of aromatic nitrogens is 3. The molecule has 3 aromatic heterocycles. The van der Waals surface area contributed by atoms with Crippen LogP contribution in [0.5, 0.6) is 0 Å². The smallest absolute Gasteiger partial charge is 0.319 e. The van der Waals surface area contributed by atoms with Crippen LogP contribution in [0.2, 0.25) is 0 Å². The van der Waals surface area contributed by atoms with Crippen molar-refractivity contribution in [2.45, 2.75) is 12.8 Å². The van der Waals surface area contributed by atoms with Crippen LogP contribution in [0.25, 0.3) is 33.3 Å². The van der Waals surface area contributed by atoms with Gasteiger partial charge in [-0.2, -0.15) is 0 Å². The Hall–Kier alpha value is -4.38. The normalized spacial score (nSPS) is 11.8. The molecule has 1 radical (unpaired) electrons. The number of pyridine rings is 3. The minimum atomic E-state index is -0.686. The van der Waals surface area contributed by atoms with Crippen LogP contribution in [0, 0.1) is 6.07 Å². The van der Waals surface area contributed by atoms with Gasteiger partial charge in [-0.3, -0.25) is 14.8 Å². The molecule has 0 saturated carbocycles. The van der Waals surface area contributed by atoms with Gasteiger partial charge in [-0.25, -0.2) is 4.98 Å². The first-order valence-electron chi connectivity index (χ1n) is 11.1. The Morgan fingerprint density at radius 3 is 2.44 bits per heavy atom. The molecule has 0 N–H and O–H groups in total. The van der Waals surface area contributed by atoms with Crippen LogP contribution in [0.3, 0.4) is 0 Å². The highest BCUT2D eigenvalue weighted by Crippen LogP contribution is 2.36. The number of ether oxygens (including phenoxy) is 1. The molecule has 0 aliphatic heterocycles. The quantitative estimate of drug-likeness (QED) is 0.307. The lowest BCUT2D eigenvalue weighted by Gasteiger charge is -2.19. The van der Waals surface area contributed by atoms with Gasteiger partial charge in [-0.05, 0) is 48.4 Å². The van der Waals surface area contributed by atoms with Crippen molar-refractivity contribution in [3.8, 4) is 22.4 Å². The molecule has 0 aliphatic rings. The maximum absolute atomic E-state index is 13.1. The lowest BCUT2D eigenvalue weighted by atomic mass is 9.91. The van der Waals surface area contributed by atoms with Crippen molar-refractivity contribution in [2.75, 3.05) is 6.61 Å². The van der Waals surface area contributed by atoms with Crippen LogP contribution in [-0.2, 0) is 9.53 Å². The number of benzene rings is 2. The van der Waals surface area contributed by atoms with Gasteiger partial charge in [0, 0.05) is 35.1 Å². The Balaban J connectivity index is 1.78. The van der Waals surface area contributed by atoms with Crippen LogP contribution in [0.1, 0.15) is 24.1 Å². The molecule has 34 heavy (non-hydrogen) atoms. The standard InChI is InChI=1S/C29H22N3O2/c1-2-34-29(33)26(21-13-16-30-17-14-21)28-24-19-23(20-9-5-3-6-10-20)27(22-11-7-4-8-12-22)32-25(24)15-18-31-28/h3,5-19,26H,2H2,1H3. The summed E-state index contributed by atoms with van der Waals surface area (Å²) < 4.78 is 5.45. The Bertz CT molecular complexity index is 1420. The topological polar surface area (TPSA) is 65.0 Å². The molecule has 5 nitrogen and oxygen atoms in total. The van der Waals surface area contributed by atoms with Crippen molar-refractivity contribution in [3.05, 3.63) is 115 Å². The second-order valence-electron chi connectivity index (χ2n) is 7.77. The number of hydrogen-bond donors (Lipinski definition) is 0. The number of hydrogen-bond acceptors (Lipinski definition) is 5. The molecule has 2 aromatic carbocycles. The molecule has 0 aliphatic carbocycles. The zero-order valence-corrected chi connectivity index (χ0v) is 18.7. The molecule has 1 unspecified atom stereocenters. The lowest BCUT2D eigenvalue weighted by Crippen LogP contribution is -2.19. The second kappa shape index (κ2) is 9.63. The first-order valence-corrected chi connectivity index (χ1v) is 11.1. The van der Waals surface area contributed by atoms with E-state index in [2.05, 4.69) is 34.2 Å². The summed E-state index contributed by atoms with van der Waals surface area (Å²) in [5.74, 6) is -1.04. The van der Waals surface area contributed by atoms with Crippen molar-refractivity contribution >= 4 is 16.9 Å². The van der Waals surface area contributed by atoms with E-state index in [0.717, 1.165) is 38.9 Å². The first kappa shape index (κ1) is 21.5. The number of esters is 1. The zero-order chi connectivity index (χ0) is 23.3. The van der Waals surface area contributed by atoms with E-state index in [-0.39, 0.29) is 12.6 Å². The highest BCUT2D eigenvalue weighted by atomic mass is 16.5. The van der Waals surface area contributed by atoms with Crippen molar-refractivity contribution in [1.29, 1.82) is 0 Å². The highest BCUT2D eigenvalue weighted by Gasteiger charge is 2.28. The summed E-state index contributed by atoms with van der Waals surface area (Å²) in [5, 5.41) is 0.808. The van der Waals surface area contributed by atoms with Gasteiger partial charge in [-0.1, -0.05) is 54.6 Å². The SMILES string of the molecule is CCOC(=O)C(c1ccncc1)c1nccc2nc(-c3cc[c]cc3)c(-c3ccccc3)cc12. The summed E-state index contributed by atoms with van der Waals surface area (Å²) >= 11 is 0. The third-order valence-corrected chi connectivity index (χ3v) is 5.69.